The highest BCUT2D eigenvalue weighted by molar-refractivity contribution is 5.88. The maximum Gasteiger partial charge on any atom is 0.244 e. The molecule has 3 N–H and O–H groups in total. The molecule has 1 aromatic heterocycles. The average Bonchev–Trinajstić information content (AvgIpc) is 2.79. The van der Waals surface area contributed by atoms with Crippen LogP contribution in [0.15, 0.2) is 48.7 Å². The fourth-order valence-electron chi connectivity index (χ4n) is 2.90. The van der Waals surface area contributed by atoms with Gasteiger partial charge in [0.2, 0.25) is 5.91 Å². The number of nitrogens with one attached hydrogen (secondary N) is 2. The molecule has 8 nitrogen and oxygen atoms in total. The molecule has 0 unspecified atom stereocenters. The lowest BCUT2D eigenvalue weighted by Gasteiger charge is -2.14. The predicted molar refractivity (Wildman–Crippen MR) is 112 cm³/mol. The van der Waals surface area contributed by atoms with Gasteiger partial charge >= 0.3 is 0 Å². The lowest BCUT2D eigenvalue weighted by Crippen LogP contribution is -2.26. The largest absolute Gasteiger partial charge is 0.493 e. The van der Waals surface area contributed by atoms with Crippen molar-refractivity contribution in [3.05, 3.63) is 54.5 Å². The summed E-state index contributed by atoms with van der Waals surface area (Å²) in [5, 5.41) is 12.2. The predicted octanol–water partition coefficient (Wildman–Crippen LogP) is 3.43. The number of ether oxygens (including phenoxy) is 3. The number of carbonyl (C=O) groups excluding carboxylic acids is 1. The first-order valence-electron chi connectivity index (χ1n) is 9.78. The van der Waals surface area contributed by atoms with Crippen LogP contribution in [-0.4, -0.2) is 42.9 Å². The molecule has 0 atom stereocenters. The minimum atomic E-state index is -0.457. The van der Waals surface area contributed by atoms with Gasteiger partial charge in [-0.25, -0.2) is 9.87 Å². The van der Waals surface area contributed by atoms with E-state index in [0.717, 1.165) is 0 Å². The van der Waals surface area contributed by atoms with Crippen molar-refractivity contribution in [3.8, 4) is 23.0 Å². The van der Waals surface area contributed by atoms with Crippen LogP contribution in [0.5, 0.6) is 23.0 Å². The van der Waals surface area contributed by atoms with E-state index in [1.807, 2.05) is 0 Å². The molecule has 31 heavy (non-hydrogen) atoms. The van der Waals surface area contributed by atoms with Crippen molar-refractivity contribution in [2.24, 2.45) is 0 Å². The fraction of sp³-hybridized carbons (Fsp3) is 0.273. The first-order valence-corrected chi connectivity index (χ1v) is 9.78. The van der Waals surface area contributed by atoms with Crippen LogP contribution in [0.3, 0.4) is 0 Å². The molecule has 0 spiro atoms. The van der Waals surface area contributed by atoms with Crippen LogP contribution in [0.4, 0.5) is 4.39 Å². The number of rotatable bonds is 11. The van der Waals surface area contributed by atoms with Crippen molar-refractivity contribution in [2.45, 2.75) is 12.8 Å². The second kappa shape index (κ2) is 11.1. The van der Waals surface area contributed by atoms with Crippen LogP contribution < -0.4 is 25.0 Å². The number of benzene rings is 2. The Morgan fingerprint density at radius 2 is 1.94 bits per heavy atom. The van der Waals surface area contributed by atoms with Crippen LogP contribution in [-0.2, 0) is 4.79 Å². The van der Waals surface area contributed by atoms with E-state index >= 15 is 0 Å². The second-order valence-corrected chi connectivity index (χ2v) is 6.60. The molecule has 0 aliphatic heterocycles. The monoisotopic (exact) mass is 429 g/mol. The molecular formula is C22H24FN3O5. The number of para-hydroxylation sites is 1. The third kappa shape index (κ3) is 6.03. The minimum Gasteiger partial charge on any atom is -0.493 e. The SMILES string of the molecule is COc1cc2nccc(Oc3ccccc3F)c2cc1OCCCNCCC(=O)NO. The quantitative estimate of drug-likeness (QED) is 0.244. The van der Waals surface area contributed by atoms with Gasteiger partial charge in [0, 0.05) is 30.6 Å². The molecule has 1 heterocycles. The molecule has 3 aromatic rings. The van der Waals surface area contributed by atoms with Gasteiger partial charge in [-0.3, -0.25) is 15.0 Å². The molecule has 0 saturated heterocycles. The molecule has 9 heteroatoms. The van der Waals surface area contributed by atoms with Crippen molar-refractivity contribution < 1.29 is 28.6 Å². The van der Waals surface area contributed by atoms with Gasteiger partial charge in [-0.05, 0) is 37.2 Å². The zero-order valence-corrected chi connectivity index (χ0v) is 17.1. The van der Waals surface area contributed by atoms with E-state index in [4.69, 9.17) is 19.4 Å². The van der Waals surface area contributed by atoms with Crippen LogP contribution in [0, 0.1) is 5.82 Å². The molecule has 0 aliphatic carbocycles. The molecule has 0 saturated carbocycles. The van der Waals surface area contributed by atoms with Gasteiger partial charge in [-0.1, -0.05) is 12.1 Å². The van der Waals surface area contributed by atoms with E-state index in [9.17, 15) is 9.18 Å². The molecular weight excluding hydrogens is 405 g/mol. The smallest absolute Gasteiger partial charge is 0.244 e. The van der Waals surface area contributed by atoms with E-state index in [1.165, 1.54) is 6.07 Å². The van der Waals surface area contributed by atoms with Crippen LogP contribution in [0.2, 0.25) is 0 Å². The lowest BCUT2D eigenvalue weighted by molar-refractivity contribution is -0.129. The number of aromatic nitrogens is 1. The number of pyridine rings is 1. The number of fused-ring (bicyclic) bond motifs is 1. The highest BCUT2D eigenvalue weighted by Crippen LogP contribution is 2.37. The van der Waals surface area contributed by atoms with Gasteiger partial charge in [-0.15, -0.1) is 0 Å². The normalized spacial score (nSPS) is 10.7. The summed E-state index contributed by atoms with van der Waals surface area (Å²) in [6, 6.07) is 11.3. The number of methoxy groups -OCH3 is 1. The fourth-order valence-corrected chi connectivity index (χ4v) is 2.90. The Labute approximate surface area is 178 Å². The number of hydrogen-bond acceptors (Lipinski definition) is 7. The highest BCUT2D eigenvalue weighted by atomic mass is 19.1. The topological polar surface area (TPSA) is 102 Å². The Hall–Kier alpha value is -3.43. The summed E-state index contributed by atoms with van der Waals surface area (Å²) in [7, 11) is 1.54. The summed E-state index contributed by atoms with van der Waals surface area (Å²) in [6.45, 7) is 1.50. The highest BCUT2D eigenvalue weighted by Gasteiger charge is 2.13. The zero-order chi connectivity index (χ0) is 22.1. The summed E-state index contributed by atoms with van der Waals surface area (Å²) < 4.78 is 31.1. The van der Waals surface area contributed by atoms with Gasteiger partial charge in [0.05, 0.1) is 19.2 Å². The van der Waals surface area contributed by atoms with Crippen molar-refractivity contribution in [1.82, 2.24) is 15.8 Å². The summed E-state index contributed by atoms with van der Waals surface area (Å²) in [6.07, 6.45) is 2.46. The Morgan fingerprint density at radius 3 is 2.71 bits per heavy atom. The molecule has 0 radical (unpaired) electrons. The van der Waals surface area contributed by atoms with Crippen molar-refractivity contribution in [1.29, 1.82) is 0 Å². The Morgan fingerprint density at radius 1 is 1.10 bits per heavy atom. The Bertz CT molecular complexity index is 1030. The van der Waals surface area contributed by atoms with E-state index < -0.39 is 11.7 Å². The van der Waals surface area contributed by atoms with E-state index in [-0.39, 0.29) is 12.2 Å². The molecule has 0 fully saturated rings. The molecule has 164 valence electrons. The Balaban J connectivity index is 1.68. The first kappa shape index (κ1) is 22.3. The number of hydroxylamine groups is 1. The number of carbonyl (C=O) groups is 1. The maximum absolute atomic E-state index is 14.0. The summed E-state index contributed by atoms with van der Waals surface area (Å²) in [5.41, 5.74) is 2.21. The maximum atomic E-state index is 14.0. The van der Waals surface area contributed by atoms with E-state index in [2.05, 4.69) is 10.3 Å². The third-order valence-electron chi connectivity index (χ3n) is 4.45. The van der Waals surface area contributed by atoms with Crippen LogP contribution in [0.1, 0.15) is 12.8 Å². The molecule has 0 bridgehead atoms. The summed E-state index contributed by atoms with van der Waals surface area (Å²) in [4.78, 5) is 15.3. The number of nitrogens with zero attached hydrogens (tertiary/aromatic N) is 1. The van der Waals surface area contributed by atoms with E-state index in [0.29, 0.717) is 54.3 Å². The number of halogens is 1. The summed E-state index contributed by atoms with van der Waals surface area (Å²) >= 11 is 0. The minimum absolute atomic E-state index is 0.120. The van der Waals surface area contributed by atoms with Crippen molar-refractivity contribution in [3.63, 3.8) is 0 Å². The van der Waals surface area contributed by atoms with Crippen LogP contribution in [0.25, 0.3) is 10.9 Å². The second-order valence-electron chi connectivity index (χ2n) is 6.60. The summed E-state index contributed by atoms with van der Waals surface area (Å²) in [5.74, 6) is 0.713. The van der Waals surface area contributed by atoms with Crippen molar-refractivity contribution in [2.75, 3.05) is 26.8 Å². The van der Waals surface area contributed by atoms with Gasteiger partial charge in [-0.2, -0.15) is 0 Å². The van der Waals surface area contributed by atoms with Crippen molar-refractivity contribution >= 4 is 16.8 Å². The zero-order valence-electron chi connectivity index (χ0n) is 17.1. The first-order chi connectivity index (χ1) is 15.1. The Kier molecular flexibility index (Phi) is 7.97. The number of amides is 1. The van der Waals surface area contributed by atoms with Crippen LogP contribution >= 0.6 is 0 Å². The standard InChI is InChI=1S/C22H24FN3O5/c1-29-20-14-17-15(13-21(20)30-12-4-9-24-10-8-22(27)26-28)18(7-11-25-17)31-19-6-3-2-5-16(19)23/h2-3,5-7,11,13-14,24,28H,4,8-10,12H2,1H3,(H,26,27). The molecule has 3 rings (SSSR count). The number of hydrogen-bond donors (Lipinski definition) is 3. The van der Waals surface area contributed by atoms with Gasteiger partial charge in [0.1, 0.15) is 5.75 Å². The van der Waals surface area contributed by atoms with Gasteiger partial charge < -0.3 is 19.5 Å². The average molecular weight is 429 g/mol. The van der Waals surface area contributed by atoms with E-state index in [1.54, 1.807) is 55.2 Å². The molecule has 2 aromatic carbocycles. The third-order valence-corrected chi connectivity index (χ3v) is 4.45. The van der Waals surface area contributed by atoms with Gasteiger partial charge in [0.25, 0.3) is 0 Å². The molecule has 1 amide bonds. The van der Waals surface area contributed by atoms with Gasteiger partial charge in [0.15, 0.2) is 23.1 Å². The molecule has 0 aliphatic rings. The lowest BCUT2D eigenvalue weighted by atomic mass is 10.1.